The third-order valence-corrected chi connectivity index (χ3v) is 2.92. The van der Waals surface area contributed by atoms with Gasteiger partial charge in [-0.3, -0.25) is 10.1 Å². The van der Waals surface area contributed by atoms with E-state index in [-0.39, 0.29) is 16.9 Å². The van der Waals surface area contributed by atoms with E-state index in [1.807, 2.05) is 0 Å². The molecule has 1 aliphatic heterocycles. The van der Waals surface area contributed by atoms with Crippen molar-refractivity contribution in [2.24, 2.45) is 0 Å². The highest BCUT2D eigenvalue weighted by Crippen LogP contribution is 2.31. The van der Waals surface area contributed by atoms with Crippen molar-refractivity contribution in [3.63, 3.8) is 0 Å². The zero-order valence-corrected chi connectivity index (χ0v) is 10.8. The van der Waals surface area contributed by atoms with E-state index in [9.17, 15) is 10.1 Å². The van der Waals surface area contributed by atoms with Crippen molar-refractivity contribution >= 4 is 17.3 Å². The Hall–Kier alpha value is -2.25. The van der Waals surface area contributed by atoms with Gasteiger partial charge in [-0.15, -0.1) is 0 Å². The summed E-state index contributed by atoms with van der Waals surface area (Å²) in [5.74, 6) is 0.570. The van der Waals surface area contributed by atoms with E-state index in [2.05, 4.69) is 9.97 Å². The van der Waals surface area contributed by atoms with Gasteiger partial charge in [0.2, 0.25) is 11.2 Å². The van der Waals surface area contributed by atoms with E-state index >= 15 is 0 Å². The second kappa shape index (κ2) is 5.03. The first-order valence-corrected chi connectivity index (χ1v) is 6.06. The number of hydrogen-bond donors (Lipinski definition) is 0. The minimum atomic E-state index is -0.493. The normalized spacial score (nSPS) is 13.1. The van der Waals surface area contributed by atoms with E-state index in [4.69, 9.17) is 21.1 Å². The number of fused-ring (bicyclic) bond motifs is 1. The Bertz CT molecular complexity index is 692. The summed E-state index contributed by atoms with van der Waals surface area (Å²) in [6.07, 6.45) is 0. The molecule has 0 saturated heterocycles. The van der Waals surface area contributed by atoms with Gasteiger partial charge in [0, 0.05) is 6.07 Å². The Morgan fingerprint density at radius 1 is 1.35 bits per heavy atom. The molecule has 0 unspecified atom stereocenters. The molecule has 7 nitrogen and oxygen atoms in total. The van der Waals surface area contributed by atoms with Crippen molar-refractivity contribution in [2.75, 3.05) is 0 Å². The van der Waals surface area contributed by atoms with Gasteiger partial charge in [0.1, 0.15) is 5.75 Å². The number of hydrogen-bond acceptors (Lipinski definition) is 6. The summed E-state index contributed by atoms with van der Waals surface area (Å²) < 4.78 is 10.8. The van der Waals surface area contributed by atoms with Gasteiger partial charge in [-0.05, 0) is 17.7 Å². The predicted molar refractivity (Wildman–Crippen MR) is 68.7 cm³/mol. The maximum atomic E-state index is 10.7. The predicted octanol–water partition coefficient (Wildman–Crippen LogP) is 2.86. The SMILES string of the molecule is O=[N+]([O-])c1cccc(Oc2nc(Cl)nc3c2COC3)c1. The van der Waals surface area contributed by atoms with Crippen LogP contribution in [0.3, 0.4) is 0 Å². The number of rotatable bonds is 3. The van der Waals surface area contributed by atoms with Gasteiger partial charge in [-0.25, -0.2) is 4.98 Å². The lowest BCUT2D eigenvalue weighted by atomic mass is 10.2. The molecule has 0 N–H and O–H groups in total. The smallest absolute Gasteiger partial charge is 0.273 e. The molecule has 3 rings (SSSR count). The Kier molecular flexibility index (Phi) is 3.21. The quantitative estimate of drug-likeness (QED) is 0.491. The molecule has 1 aromatic heterocycles. The zero-order valence-electron chi connectivity index (χ0n) is 10.1. The molecule has 0 saturated carbocycles. The van der Waals surface area contributed by atoms with Gasteiger partial charge in [-0.2, -0.15) is 4.98 Å². The van der Waals surface area contributed by atoms with Crippen LogP contribution < -0.4 is 4.74 Å². The number of halogens is 1. The maximum Gasteiger partial charge on any atom is 0.273 e. The van der Waals surface area contributed by atoms with Crippen LogP contribution in [-0.4, -0.2) is 14.9 Å². The minimum Gasteiger partial charge on any atom is -0.438 e. The molecule has 0 fully saturated rings. The maximum absolute atomic E-state index is 10.7. The molecule has 0 radical (unpaired) electrons. The lowest BCUT2D eigenvalue weighted by molar-refractivity contribution is -0.384. The summed E-state index contributed by atoms with van der Waals surface area (Å²) >= 11 is 5.81. The van der Waals surface area contributed by atoms with E-state index in [1.165, 1.54) is 18.2 Å². The summed E-state index contributed by atoms with van der Waals surface area (Å²) in [5.41, 5.74) is 1.32. The average Bonchev–Trinajstić information content (AvgIpc) is 2.87. The number of ether oxygens (including phenoxy) is 2. The van der Waals surface area contributed by atoms with Crippen LogP contribution >= 0.6 is 11.6 Å². The molecule has 0 atom stereocenters. The number of non-ortho nitro benzene ring substituents is 1. The topological polar surface area (TPSA) is 87.4 Å². The number of nitro benzene ring substituents is 1. The lowest BCUT2D eigenvalue weighted by Crippen LogP contribution is -1.98. The van der Waals surface area contributed by atoms with Crippen molar-refractivity contribution in [2.45, 2.75) is 13.2 Å². The van der Waals surface area contributed by atoms with E-state index in [1.54, 1.807) is 6.07 Å². The van der Waals surface area contributed by atoms with Crippen LogP contribution in [0.1, 0.15) is 11.3 Å². The summed E-state index contributed by atoms with van der Waals surface area (Å²) in [6.45, 7) is 0.680. The van der Waals surface area contributed by atoms with Gasteiger partial charge in [-0.1, -0.05) is 6.07 Å². The molecule has 2 heterocycles. The molecular weight excluding hydrogens is 286 g/mol. The molecule has 1 aromatic carbocycles. The molecule has 20 heavy (non-hydrogen) atoms. The van der Waals surface area contributed by atoms with Crippen molar-refractivity contribution < 1.29 is 14.4 Å². The van der Waals surface area contributed by atoms with Crippen LogP contribution in [0, 0.1) is 10.1 Å². The highest BCUT2D eigenvalue weighted by atomic mass is 35.5. The second-order valence-electron chi connectivity index (χ2n) is 4.07. The van der Waals surface area contributed by atoms with Crippen LogP contribution in [0.2, 0.25) is 5.28 Å². The van der Waals surface area contributed by atoms with Crippen LogP contribution in [0.4, 0.5) is 5.69 Å². The number of nitro groups is 1. The average molecular weight is 294 g/mol. The fourth-order valence-electron chi connectivity index (χ4n) is 1.85. The molecule has 0 aliphatic carbocycles. The van der Waals surface area contributed by atoms with Gasteiger partial charge < -0.3 is 9.47 Å². The number of benzene rings is 1. The molecule has 0 bridgehead atoms. The van der Waals surface area contributed by atoms with Gasteiger partial charge in [0.15, 0.2) is 0 Å². The first-order valence-electron chi connectivity index (χ1n) is 5.69. The monoisotopic (exact) mass is 293 g/mol. The molecule has 102 valence electrons. The van der Waals surface area contributed by atoms with Crippen LogP contribution in [-0.2, 0) is 18.0 Å². The Labute approximate surface area is 118 Å². The summed E-state index contributed by atoms with van der Waals surface area (Å²) in [5, 5.41) is 10.8. The first-order chi connectivity index (χ1) is 9.63. The van der Waals surface area contributed by atoms with Crippen LogP contribution in [0.25, 0.3) is 0 Å². The van der Waals surface area contributed by atoms with Crippen LogP contribution in [0.15, 0.2) is 24.3 Å². The molecule has 0 amide bonds. The molecule has 0 spiro atoms. The third-order valence-electron chi connectivity index (χ3n) is 2.76. The summed E-state index contributed by atoms with van der Waals surface area (Å²) in [4.78, 5) is 18.3. The largest absolute Gasteiger partial charge is 0.438 e. The Morgan fingerprint density at radius 3 is 3.00 bits per heavy atom. The van der Waals surface area contributed by atoms with E-state index < -0.39 is 4.92 Å². The molecule has 1 aliphatic rings. The summed E-state index contributed by atoms with van der Waals surface area (Å²) in [6, 6.07) is 5.84. The molecular formula is C12H8ClN3O4. The van der Waals surface area contributed by atoms with Gasteiger partial charge in [0.25, 0.3) is 5.69 Å². The van der Waals surface area contributed by atoms with E-state index in [0.717, 1.165) is 0 Å². The Balaban J connectivity index is 1.96. The van der Waals surface area contributed by atoms with Gasteiger partial charge in [0.05, 0.1) is 35.5 Å². The fraction of sp³-hybridized carbons (Fsp3) is 0.167. The van der Waals surface area contributed by atoms with Crippen molar-refractivity contribution in [3.05, 3.63) is 50.9 Å². The van der Waals surface area contributed by atoms with E-state index in [0.29, 0.717) is 30.2 Å². The van der Waals surface area contributed by atoms with Crippen molar-refractivity contribution in [1.29, 1.82) is 0 Å². The van der Waals surface area contributed by atoms with Crippen LogP contribution in [0.5, 0.6) is 11.6 Å². The molecule has 8 heteroatoms. The Morgan fingerprint density at radius 2 is 2.20 bits per heavy atom. The van der Waals surface area contributed by atoms with Crippen molar-refractivity contribution in [1.82, 2.24) is 9.97 Å². The fourth-order valence-corrected chi connectivity index (χ4v) is 2.03. The highest BCUT2D eigenvalue weighted by molar-refractivity contribution is 6.28. The first kappa shape index (κ1) is 12.8. The van der Waals surface area contributed by atoms with Crippen molar-refractivity contribution in [3.8, 4) is 11.6 Å². The van der Waals surface area contributed by atoms with Gasteiger partial charge >= 0.3 is 0 Å². The number of nitrogens with zero attached hydrogens (tertiary/aromatic N) is 3. The summed E-state index contributed by atoms with van der Waals surface area (Å²) in [7, 11) is 0. The third kappa shape index (κ3) is 2.40. The number of aromatic nitrogens is 2. The standard InChI is InChI=1S/C12H8ClN3O4/c13-12-14-10-6-19-5-9(10)11(15-12)20-8-3-1-2-7(4-8)16(17)18/h1-4H,5-6H2. The molecule has 2 aromatic rings. The second-order valence-corrected chi connectivity index (χ2v) is 4.41. The zero-order chi connectivity index (χ0) is 14.1. The highest BCUT2D eigenvalue weighted by Gasteiger charge is 2.21. The lowest BCUT2D eigenvalue weighted by Gasteiger charge is -2.08. The minimum absolute atomic E-state index is 0.0506.